The van der Waals surface area contributed by atoms with Crippen LogP contribution < -0.4 is 20.3 Å². The average molecular weight is 465 g/mol. The number of amides is 1. The van der Waals surface area contributed by atoms with Crippen LogP contribution in [-0.2, 0) is 15.9 Å². The lowest BCUT2D eigenvalue weighted by Gasteiger charge is -2.40. The van der Waals surface area contributed by atoms with Crippen LogP contribution in [0.2, 0.25) is 0 Å². The molecule has 1 aromatic carbocycles. The summed E-state index contributed by atoms with van der Waals surface area (Å²) in [4.78, 5) is 19.9. The number of carbonyl (C=O) groups excluding carboxylic acids is 1. The van der Waals surface area contributed by atoms with Gasteiger partial charge in [-0.05, 0) is 26.0 Å². The van der Waals surface area contributed by atoms with Gasteiger partial charge in [-0.1, -0.05) is 0 Å². The first-order chi connectivity index (χ1) is 16.4. The highest BCUT2D eigenvalue weighted by molar-refractivity contribution is 6.09. The molecular weight excluding hydrogens is 436 g/mol. The van der Waals surface area contributed by atoms with Gasteiger partial charge in [0.2, 0.25) is 0 Å². The first-order valence-corrected chi connectivity index (χ1v) is 11.6. The Morgan fingerprint density at radius 2 is 1.97 bits per heavy atom. The van der Waals surface area contributed by atoms with E-state index < -0.39 is 11.4 Å². The van der Waals surface area contributed by atoms with Crippen LogP contribution in [-0.4, -0.2) is 71.3 Å². The van der Waals surface area contributed by atoms with Crippen LogP contribution in [0.3, 0.4) is 0 Å². The first-order valence-electron chi connectivity index (χ1n) is 11.6. The summed E-state index contributed by atoms with van der Waals surface area (Å²) in [5.74, 6) is -0.0440. The van der Waals surface area contributed by atoms with Crippen LogP contribution in [0.1, 0.15) is 29.8 Å². The molecule has 5 heterocycles. The van der Waals surface area contributed by atoms with Gasteiger partial charge in [-0.2, -0.15) is 5.10 Å². The van der Waals surface area contributed by atoms with Gasteiger partial charge in [0.1, 0.15) is 11.3 Å². The minimum atomic E-state index is -0.614. The van der Waals surface area contributed by atoms with Crippen LogP contribution >= 0.6 is 0 Å². The molecule has 2 saturated heterocycles. The largest absolute Gasteiger partial charge is 0.482 e. The third-order valence-corrected chi connectivity index (χ3v) is 6.61. The van der Waals surface area contributed by atoms with Gasteiger partial charge in [0.05, 0.1) is 30.8 Å². The summed E-state index contributed by atoms with van der Waals surface area (Å²) in [6.45, 7) is 8.16. The maximum atomic E-state index is 13.3. The number of benzene rings is 1. The van der Waals surface area contributed by atoms with E-state index in [1.165, 1.54) is 0 Å². The molecule has 2 aromatic heterocycles. The zero-order chi connectivity index (χ0) is 23.3. The number of anilines is 2. The summed E-state index contributed by atoms with van der Waals surface area (Å²) in [6, 6.07) is 5.84. The summed E-state index contributed by atoms with van der Waals surface area (Å²) in [5, 5.41) is 10.8. The van der Waals surface area contributed by atoms with E-state index >= 15 is 0 Å². The van der Waals surface area contributed by atoms with Crippen molar-refractivity contribution >= 4 is 22.9 Å². The van der Waals surface area contributed by atoms with Gasteiger partial charge in [-0.25, -0.2) is 9.50 Å². The summed E-state index contributed by atoms with van der Waals surface area (Å²) in [7, 11) is 0. The number of rotatable bonds is 3. The Labute approximate surface area is 197 Å². The smallest absolute Gasteiger partial charge is 0.261 e. The Kier molecular flexibility index (Phi) is 4.98. The van der Waals surface area contributed by atoms with Crippen molar-refractivity contribution in [2.75, 3.05) is 49.6 Å². The lowest BCUT2D eigenvalue weighted by Crippen LogP contribution is -2.54. The maximum absolute atomic E-state index is 13.3. The van der Waals surface area contributed by atoms with Gasteiger partial charge in [0.15, 0.2) is 17.0 Å². The molecule has 178 valence electrons. The maximum Gasteiger partial charge on any atom is 0.261 e. The molecule has 0 aliphatic carbocycles. The zero-order valence-corrected chi connectivity index (χ0v) is 19.3. The molecule has 2 N–H and O–H groups in total. The quantitative estimate of drug-likeness (QED) is 0.606. The predicted octanol–water partition coefficient (Wildman–Crippen LogP) is 1.85. The van der Waals surface area contributed by atoms with Crippen molar-refractivity contribution in [3.63, 3.8) is 0 Å². The van der Waals surface area contributed by atoms with E-state index in [1.54, 1.807) is 29.2 Å². The third kappa shape index (κ3) is 3.77. The van der Waals surface area contributed by atoms with E-state index in [4.69, 9.17) is 14.2 Å². The minimum Gasteiger partial charge on any atom is -0.482 e. The topological polar surface area (TPSA) is 102 Å². The fourth-order valence-corrected chi connectivity index (χ4v) is 4.76. The molecule has 3 aromatic rings. The highest BCUT2D eigenvalue weighted by Gasteiger charge is 2.46. The standard InChI is InChI=1S/C24H28N6O4/c1-23(2)32-14-24(15-33-23)12-16-10-18(19(11-20(16)34-24)29-8-5-25-6-9-29)28-22(31)17-13-27-30-7-3-4-26-21(17)30/h3-4,7,10-11,13,25H,5-6,8-9,12,14-15H2,1-2H3,(H,28,31). The Bertz CT molecular complexity index is 1240. The predicted molar refractivity (Wildman–Crippen MR) is 126 cm³/mol. The highest BCUT2D eigenvalue weighted by atomic mass is 16.7. The second kappa shape index (κ2) is 7.93. The molecule has 0 bridgehead atoms. The van der Waals surface area contributed by atoms with Gasteiger partial charge in [-0.15, -0.1) is 0 Å². The van der Waals surface area contributed by atoms with Crippen molar-refractivity contribution in [2.45, 2.75) is 31.7 Å². The summed E-state index contributed by atoms with van der Waals surface area (Å²) in [6.07, 6.45) is 5.63. The summed E-state index contributed by atoms with van der Waals surface area (Å²) < 4.78 is 19.8. The molecule has 0 atom stereocenters. The van der Waals surface area contributed by atoms with Gasteiger partial charge in [-0.3, -0.25) is 4.79 Å². The molecular formula is C24H28N6O4. The first kappa shape index (κ1) is 21.3. The normalized spacial score (nSPS) is 20.8. The van der Waals surface area contributed by atoms with E-state index in [-0.39, 0.29) is 5.91 Å². The molecule has 10 heteroatoms. The molecule has 6 rings (SSSR count). The molecule has 0 unspecified atom stereocenters. The number of carbonyl (C=O) groups is 1. The molecule has 10 nitrogen and oxygen atoms in total. The Hall–Kier alpha value is -3.21. The molecule has 1 spiro atoms. The molecule has 2 fully saturated rings. The van der Waals surface area contributed by atoms with E-state index in [0.717, 1.165) is 48.9 Å². The molecule has 0 radical (unpaired) electrons. The van der Waals surface area contributed by atoms with Crippen molar-refractivity contribution in [1.29, 1.82) is 0 Å². The van der Waals surface area contributed by atoms with Crippen LogP contribution in [0.5, 0.6) is 5.75 Å². The van der Waals surface area contributed by atoms with Crippen molar-refractivity contribution in [3.8, 4) is 5.75 Å². The molecule has 1 amide bonds. The Morgan fingerprint density at radius 1 is 1.18 bits per heavy atom. The monoisotopic (exact) mass is 464 g/mol. The Balaban J connectivity index is 1.33. The molecule has 0 saturated carbocycles. The fraction of sp³-hybridized carbons (Fsp3) is 0.458. The zero-order valence-electron chi connectivity index (χ0n) is 19.3. The van der Waals surface area contributed by atoms with E-state index in [2.05, 4.69) is 25.6 Å². The van der Waals surface area contributed by atoms with E-state index in [9.17, 15) is 4.79 Å². The van der Waals surface area contributed by atoms with Crippen molar-refractivity contribution in [3.05, 3.63) is 47.9 Å². The second-order valence-electron chi connectivity index (χ2n) is 9.55. The van der Waals surface area contributed by atoms with Crippen molar-refractivity contribution in [2.24, 2.45) is 0 Å². The molecule has 3 aliphatic heterocycles. The number of nitrogens with zero attached hydrogens (tertiary/aromatic N) is 4. The van der Waals surface area contributed by atoms with Gasteiger partial charge in [0, 0.05) is 56.6 Å². The number of ether oxygens (including phenoxy) is 3. The fourth-order valence-electron chi connectivity index (χ4n) is 4.76. The van der Waals surface area contributed by atoms with Gasteiger partial charge >= 0.3 is 0 Å². The average Bonchev–Trinajstić information content (AvgIpc) is 3.43. The van der Waals surface area contributed by atoms with E-state index in [0.29, 0.717) is 30.8 Å². The SMILES string of the molecule is CC1(C)OCC2(CO1)Cc1cc(NC(=O)c3cnn4cccnc34)c(N3CCNCC3)cc1O2. The van der Waals surface area contributed by atoms with Crippen LogP contribution in [0.25, 0.3) is 5.65 Å². The molecule has 3 aliphatic rings. The van der Waals surface area contributed by atoms with Gasteiger partial charge in [0.25, 0.3) is 5.91 Å². The Morgan fingerprint density at radius 3 is 2.76 bits per heavy atom. The number of hydrogen-bond donors (Lipinski definition) is 2. The number of piperazine rings is 1. The van der Waals surface area contributed by atoms with Crippen molar-refractivity contribution in [1.82, 2.24) is 19.9 Å². The minimum absolute atomic E-state index is 0.246. The van der Waals surface area contributed by atoms with Crippen LogP contribution in [0, 0.1) is 0 Å². The van der Waals surface area contributed by atoms with E-state index in [1.807, 2.05) is 26.0 Å². The van der Waals surface area contributed by atoms with Crippen LogP contribution in [0.4, 0.5) is 11.4 Å². The molecule has 34 heavy (non-hydrogen) atoms. The number of fused-ring (bicyclic) bond motifs is 2. The highest BCUT2D eigenvalue weighted by Crippen LogP contribution is 2.44. The third-order valence-electron chi connectivity index (χ3n) is 6.61. The number of hydrogen-bond acceptors (Lipinski definition) is 8. The lowest BCUT2D eigenvalue weighted by molar-refractivity contribution is -0.292. The lowest BCUT2D eigenvalue weighted by atomic mass is 9.97. The number of aromatic nitrogens is 3. The summed E-state index contributed by atoms with van der Waals surface area (Å²) >= 11 is 0. The van der Waals surface area contributed by atoms with Crippen molar-refractivity contribution < 1.29 is 19.0 Å². The van der Waals surface area contributed by atoms with Crippen LogP contribution in [0.15, 0.2) is 36.8 Å². The second-order valence-corrected chi connectivity index (χ2v) is 9.55. The van der Waals surface area contributed by atoms with Gasteiger partial charge < -0.3 is 29.7 Å². The summed E-state index contributed by atoms with van der Waals surface area (Å²) in [5.41, 5.74) is 3.11. The number of nitrogens with one attached hydrogen (secondary N) is 2.